The number of thioether (sulfide) groups is 1. The highest BCUT2D eigenvalue weighted by Crippen LogP contribution is 2.39. The van der Waals surface area contributed by atoms with E-state index in [4.69, 9.17) is 11.6 Å². The number of halogens is 1. The van der Waals surface area contributed by atoms with Crippen LogP contribution in [0.3, 0.4) is 0 Å². The van der Waals surface area contributed by atoms with Crippen LogP contribution < -0.4 is 10.2 Å². The fourth-order valence-electron chi connectivity index (χ4n) is 2.89. The van der Waals surface area contributed by atoms with Gasteiger partial charge in [0.25, 0.3) is 0 Å². The Hall–Kier alpha value is -1.98. The first kappa shape index (κ1) is 18.8. The number of anilines is 1. The number of nitrogens with zero attached hydrogens (tertiary/aromatic N) is 1. The lowest BCUT2D eigenvalue weighted by atomic mass is 10.1. The molecular formula is C20H21ClN2O2S. The zero-order valence-corrected chi connectivity index (χ0v) is 16.1. The summed E-state index contributed by atoms with van der Waals surface area (Å²) in [5.41, 5.74) is 1.93. The highest BCUT2D eigenvalue weighted by Gasteiger charge is 2.33. The number of carbonyl (C=O) groups excluding carboxylic acids is 2. The zero-order chi connectivity index (χ0) is 18.5. The largest absolute Gasteiger partial charge is 0.354 e. The Balaban J connectivity index is 1.60. The van der Waals surface area contributed by atoms with Crippen molar-refractivity contribution in [2.24, 2.45) is 0 Å². The SMILES string of the molecule is CC[C@@H]1Sc2ccccc2N(CC(=O)NCCc2ccc(Cl)cc2)C1=O. The Morgan fingerprint density at radius 1 is 1.19 bits per heavy atom. The van der Waals surface area contributed by atoms with Gasteiger partial charge in [0.1, 0.15) is 6.54 Å². The first-order valence-electron chi connectivity index (χ1n) is 8.66. The van der Waals surface area contributed by atoms with Crippen molar-refractivity contribution < 1.29 is 9.59 Å². The standard InChI is InChI=1S/C20H21ClN2O2S/c1-2-17-20(25)23(16-5-3-4-6-18(16)26-17)13-19(24)22-12-11-14-7-9-15(21)10-8-14/h3-10,17H,2,11-13H2,1H3,(H,22,24)/t17-/m0/s1. The van der Waals surface area contributed by atoms with Crippen molar-refractivity contribution in [1.82, 2.24) is 5.32 Å². The molecule has 136 valence electrons. The van der Waals surface area contributed by atoms with Gasteiger partial charge in [-0.3, -0.25) is 9.59 Å². The van der Waals surface area contributed by atoms with Crippen LogP contribution in [0.2, 0.25) is 5.02 Å². The number of fused-ring (bicyclic) bond motifs is 1. The molecule has 4 nitrogen and oxygen atoms in total. The van der Waals surface area contributed by atoms with Gasteiger partial charge < -0.3 is 10.2 Å². The van der Waals surface area contributed by atoms with Gasteiger partial charge in [-0.25, -0.2) is 0 Å². The van der Waals surface area contributed by atoms with Crippen LogP contribution in [-0.2, 0) is 16.0 Å². The van der Waals surface area contributed by atoms with Crippen molar-refractivity contribution in [3.63, 3.8) is 0 Å². The minimum Gasteiger partial charge on any atom is -0.354 e. The van der Waals surface area contributed by atoms with Crippen molar-refractivity contribution >= 4 is 40.9 Å². The van der Waals surface area contributed by atoms with Crippen LogP contribution >= 0.6 is 23.4 Å². The van der Waals surface area contributed by atoms with E-state index in [1.54, 1.807) is 16.7 Å². The molecule has 1 atom stereocenters. The summed E-state index contributed by atoms with van der Waals surface area (Å²) in [5, 5.41) is 3.47. The average molecular weight is 389 g/mol. The summed E-state index contributed by atoms with van der Waals surface area (Å²) in [6, 6.07) is 15.3. The Kier molecular flexibility index (Phi) is 6.22. The lowest BCUT2D eigenvalue weighted by Crippen LogP contribution is -2.46. The van der Waals surface area contributed by atoms with Crippen LogP contribution in [0.4, 0.5) is 5.69 Å². The molecule has 0 saturated carbocycles. The molecule has 2 aromatic rings. The van der Waals surface area contributed by atoms with Crippen molar-refractivity contribution in [3.05, 3.63) is 59.1 Å². The number of hydrogen-bond acceptors (Lipinski definition) is 3. The third kappa shape index (κ3) is 4.40. The Labute approximate surface area is 162 Å². The summed E-state index contributed by atoms with van der Waals surface area (Å²) in [7, 11) is 0. The molecule has 0 aliphatic carbocycles. The summed E-state index contributed by atoms with van der Waals surface area (Å²) >= 11 is 7.45. The molecule has 2 amide bonds. The molecule has 1 aliphatic rings. The predicted octanol–water partition coefficient (Wildman–Crippen LogP) is 3.92. The van der Waals surface area contributed by atoms with Crippen LogP contribution in [0.1, 0.15) is 18.9 Å². The van der Waals surface area contributed by atoms with Crippen molar-refractivity contribution in [3.8, 4) is 0 Å². The summed E-state index contributed by atoms with van der Waals surface area (Å²) in [6.45, 7) is 2.57. The van der Waals surface area contributed by atoms with Gasteiger partial charge in [0.2, 0.25) is 11.8 Å². The van der Waals surface area contributed by atoms with Crippen molar-refractivity contribution in [2.45, 2.75) is 29.9 Å². The number of amides is 2. The number of hydrogen-bond donors (Lipinski definition) is 1. The Morgan fingerprint density at radius 3 is 2.65 bits per heavy atom. The third-order valence-electron chi connectivity index (χ3n) is 4.29. The van der Waals surface area contributed by atoms with Gasteiger partial charge in [0.15, 0.2) is 0 Å². The maximum Gasteiger partial charge on any atom is 0.240 e. The molecule has 26 heavy (non-hydrogen) atoms. The number of para-hydroxylation sites is 1. The van der Waals surface area contributed by atoms with Crippen molar-refractivity contribution in [2.75, 3.05) is 18.0 Å². The second-order valence-corrected chi connectivity index (χ2v) is 7.81. The highest BCUT2D eigenvalue weighted by atomic mass is 35.5. The van der Waals surface area contributed by atoms with Gasteiger partial charge in [-0.15, -0.1) is 11.8 Å². The van der Waals surface area contributed by atoms with E-state index in [1.807, 2.05) is 55.5 Å². The Bertz CT molecular complexity index is 795. The quantitative estimate of drug-likeness (QED) is 0.816. The normalized spacial score (nSPS) is 16.3. The number of benzene rings is 2. The molecule has 0 bridgehead atoms. The molecule has 0 spiro atoms. The number of rotatable bonds is 6. The number of carbonyl (C=O) groups is 2. The monoisotopic (exact) mass is 388 g/mol. The smallest absolute Gasteiger partial charge is 0.240 e. The van der Waals surface area contributed by atoms with E-state index >= 15 is 0 Å². The Morgan fingerprint density at radius 2 is 1.92 bits per heavy atom. The topological polar surface area (TPSA) is 49.4 Å². The highest BCUT2D eigenvalue weighted by molar-refractivity contribution is 8.01. The first-order valence-corrected chi connectivity index (χ1v) is 9.92. The van der Waals surface area contributed by atoms with E-state index in [2.05, 4.69) is 5.32 Å². The van der Waals surface area contributed by atoms with E-state index in [0.717, 1.165) is 29.0 Å². The molecule has 0 aromatic heterocycles. The molecular weight excluding hydrogens is 368 g/mol. The lowest BCUT2D eigenvalue weighted by Gasteiger charge is -2.32. The average Bonchev–Trinajstić information content (AvgIpc) is 2.65. The molecule has 3 rings (SSSR count). The van der Waals surface area contributed by atoms with Gasteiger partial charge in [-0.05, 0) is 42.7 Å². The second-order valence-electron chi connectivity index (χ2n) is 6.13. The minimum atomic E-state index is -0.149. The summed E-state index contributed by atoms with van der Waals surface area (Å²) < 4.78 is 0. The molecule has 6 heteroatoms. The summed E-state index contributed by atoms with van der Waals surface area (Å²) in [5.74, 6) is -0.145. The van der Waals surface area contributed by atoms with Crippen LogP contribution in [-0.4, -0.2) is 30.2 Å². The minimum absolute atomic E-state index is 0.00375. The fourth-order valence-corrected chi connectivity index (χ4v) is 4.18. The molecule has 2 aromatic carbocycles. The molecule has 1 N–H and O–H groups in total. The first-order chi connectivity index (χ1) is 12.6. The van der Waals surface area contributed by atoms with Crippen LogP contribution in [0.15, 0.2) is 53.4 Å². The predicted molar refractivity (Wildman–Crippen MR) is 107 cm³/mol. The fraction of sp³-hybridized carbons (Fsp3) is 0.300. The van der Waals surface area contributed by atoms with E-state index < -0.39 is 0 Å². The van der Waals surface area contributed by atoms with Gasteiger partial charge in [-0.1, -0.05) is 42.8 Å². The maximum absolute atomic E-state index is 12.7. The van der Waals surface area contributed by atoms with E-state index in [-0.39, 0.29) is 23.6 Å². The summed E-state index contributed by atoms with van der Waals surface area (Å²) in [4.78, 5) is 27.7. The zero-order valence-electron chi connectivity index (χ0n) is 14.6. The molecule has 1 heterocycles. The number of nitrogens with one attached hydrogen (secondary N) is 1. The molecule has 0 fully saturated rings. The van der Waals surface area contributed by atoms with Gasteiger partial charge >= 0.3 is 0 Å². The molecule has 0 saturated heterocycles. The van der Waals surface area contributed by atoms with Gasteiger partial charge in [0, 0.05) is 16.5 Å². The van der Waals surface area contributed by atoms with Gasteiger partial charge in [0.05, 0.1) is 10.9 Å². The maximum atomic E-state index is 12.7. The van der Waals surface area contributed by atoms with Crippen LogP contribution in [0.25, 0.3) is 0 Å². The second kappa shape index (κ2) is 8.60. The molecule has 0 unspecified atom stereocenters. The third-order valence-corrected chi connectivity index (χ3v) is 5.96. The lowest BCUT2D eigenvalue weighted by molar-refractivity contribution is -0.123. The van der Waals surface area contributed by atoms with E-state index in [9.17, 15) is 9.59 Å². The molecule has 0 radical (unpaired) electrons. The van der Waals surface area contributed by atoms with Crippen LogP contribution in [0.5, 0.6) is 0 Å². The summed E-state index contributed by atoms with van der Waals surface area (Å²) in [6.07, 6.45) is 1.47. The van der Waals surface area contributed by atoms with Crippen LogP contribution in [0, 0.1) is 0 Å². The van der Waals surface area contributed by atoms with E-state index in [1.165, 1.54) is 0 Å². The molecule has 1 aliphatic heterocycles. The van der Waals surface area contributed by atoms with Gasteiger partial charge in [-0.2, -0.15) is 0 Å². The van der Waals surface area contributed by atoms with E-state index in [0.29, 0.717) is 11.6 Å². The van der Waals surface area contributed by atoms with Crippen molar-refractivity contribution in [1.29, 1.82) is 0 Å².